The summed E-state index contributed by atoms with van der Waals surface area (Å²) in [6.45, 7) is 4.85. The van der Waals surface area contributed by atoms with E-state index >= 15 is 0 Å². The smallest absolute Gasteiger partial charge is 0.374 e. The van der Waals surface area contributed by atoms with Crippen molar-refractivity contribution in [2.24, 2.45) is 0 Å². The maximum absolute atomic E-state index is 12.2. The van der Waals surface area contributed by atoms with Crippen LogP contribution in [0.2, 0.25) is 0 Å². The second-order valence-corrected chi connectivity index (χ2v) is 6.80. The Bertz CT molecular complexity index is 1210. The van der Waals surface area contributed by atoms with Crippen LogP contribution in [0.1, 0.15) is 27.2 Å². The van der Waals surface area contributed by atoms with E-state index in [1.807, 2.05) is 26.8 Å². The zero-order chi connectivity index (χ0) is 21.8. The van der Waals surface area contributed by atoms with Crippen molar-refractivity contribution in [3.8, 4) is 0 Å². The minimum atomic E-state index is -0.986. The number of nitrogens with one attached hydrogen (secondary N) is 2. The van der Waals surface area contributed by atoms with Gasteiger partial charge in [-0.05, 0) is 50.1 Å². The largest absolute Gasteiger partial charge is 0.450 e. The Morgan fingerprint density at radius 1 is 1.03 bits per heavy atom. The van der Waals surface area contributed by atoms with Crippen molar-refractivity contribution in [1.82, 2.24) is 5.32 Å². The third-order valence-corrected chi connectivity index (χ3v) is 4.52. The predicted molar refractivity (Wildman–Crippen MR) is 111 cm³/mol. The van der Waals surface area contributed by atoms with E-state index in [0.717, 1.165) is 22.8 Å². The minimum absolute atomic E-state index is 0.234. The van der Waals surface area contributed by atoms with Gasteiger partial charge in [-0.3, -0.25) is 14.9 Å². The van der Waals surface area contributed by atoms with Crippen LogP contribution in [0.5, 0.6) is 0 Å². The standard InChI is InChI=1S/C22H20N2O6/c1-12-7-8-18-15(9-12)17(25)10-19(30-18)21(27)29-11-20(26)24-22(28)23-16-6-4-5-13(2)14(16)3/h4-10H,11H2,1-3H3,(H2,23,24,26,28). The molecule has 3 rings (SSSR count). The molecule has 1 heterocycles. The van der Waals surface area contributed by atoms with Crippen molar-refractivity contribution in [3.63, 3.8) is 0 Å². The zero-order valence-electron chi connectivity index (χ0n) is 16.7. The fraction of sp³-hybridized carbons (Fsp3) is 0.182. The van der Waals surface area contributed by atoms with Crippen LogP contribution in [-0.4, -0.2) is 24.5 Å². The molecule has 0 unspecified atom stereocenters. The first-order chi connectivity index (χ1) is 14.2. The molecule has 0 saturated heterocycles. The van der Waals surface area contributed by atoms with Crippen LogP contribution in [-0.2, 0) is 9.53 Å². The molecule has 8 heteroatoms. The van der Waals surface area contributed by atoms with E-state index in [9.17, 15) is 19.2 Å². The van der Waals surface area contributed by atoms with Crippen LogP contribution in [0.25, 0.3) is 11.0 Å². The lowest BCUT2D eigenvalue weighted by Crippen LogP contribution is -2.37. The summed E-state index contributed by atoms with van der Waals surface area (Å²) < 4.78 is 10.2. The number of anilines is 1. The van der Waals surface area contributed by atoms with E-state index in [1.165, 1.54) is 0 Å². The Hall–Kier alpha value is -3.94. The summed E-state index contributed by atoms with van der Waals surface area (Å²) in [5.74, 6) is -2.14. The normalized spacial score (nSPS) is 10.5. The maximum atomic E-state index is 12.2. The van der Waals surface area contributed by atoms with Gasteiger partial charge in [0.1, 0.15) is 5.58 Å². The number of aryl methyl sites for hydroxylation is 2. The van der Waals surface area contributed by atoms with Crippen molar-refractivity contribution in [3.05, 3.63) is 75.1 Å². The van der Waals surface area contributed by atoms with Crippen LogP contribution in [0.4, 0.5) is 10.5 Å². The highest BCUT2D eigenvalue weighted by Crippen LogP contribution is 2.17. The van der Waals surface area contributed by atoms with Gasteiger partial charge in [0.15, 0.2) is 12.0 Å². The minimum Gasteiger partial charge on any atom is -0.450 e. The number of rotatable bonds is 4. The molecule has 154 valence electrons. The SMILES string of the molecule is Cc1ccc2oc(C(=O)OCC(=O)NC(=O)Nc3cccc(C)c3C)cc(=O)c2c1. The van der Waals surface area contributed by atoms with Crippen molar-refractivity contribution in [2.75, 3.05) is 11.9 Å². The molecule has 3 aromatic rings. The molecular weight excluding hydrogens is 388 g/mol. The van der Waals surface area contributed by atoms with E-state index in [4.69, 9.17) is 9.15 Å². The van der Waals surface area contributed by atoms with Crippen LogP contribution in [0.3, 0.4) is 0 Å². The highest BCUT2D eigenvalue weighted by atomic mass is 16.5. The summed E-state index contributed by atoms with van der Waals surface area (Å²) >= 11 is 0. The van der Waals surface area contributed by atoms with Gasteiger partial charge in [-0.15, -0.1) is 0 Å². The van der Waals surface area contributed by atoms with E-state index in [0.29, 0.717) is 11.1 Å². The first-order valence-corrected chi connectivity index (χ1v) is 9.13. The van der Waals surface area contributed by atoms with Crippen LogP contribution >= 0.6 is 0 Å². The van der Waals surface area contributed by atoms with Crippen molar-refractivity contribution < 1.29 is 23.5 Å². The number of carbonyl (C=O) groups is 3. The van der Waals surface area contributed by atoms with Gasteiger partial charge in [0, 0.05) is 11.8 Å². The average Bonchev–Trinajstić information content (AvgIpc) is 2.70. The lowest BCUT2D eigenvalue weighted by atomic mass is 10.1. The summed E-state index contributed by atoms with van der Waals surface area (Å²) in [7, 11) is 0. The molecule has 0 bridgehead atoms. The molecule has 0 fully saturated rings. The number of imide groups is 1. The van der Waals surface area contributed by atoms with Crippen molar-refractivity contribution >= 4 is 34.6 Å². The first kappa shape index (κ1) is 20.8. The number of esters is 1. The molecule has 0 aliphatic rings. The molecule has 1 aromatic heterocycles. The van der Waals surface area contributed by atoms with Gasteiger partial charge in [0.05, 0.1) is 5.39 Å². The molecule has 0 saturated carbocycles. The summed E-state index contributed by atoms with van der Waals surface area (Å²) in [6, 6.07) is 10.6. The highest BCUT2D eigenvalue weighted by Gasteiger charge is 2.17. The predicted octanol–water partition coefficient (Wildman–Crippen LogP) is 3.22. The lowest BCUT2D eigenvalue weighted by Gasteiger charge is -2.11. The summed E-state index contributed by atoms with van der Waals surface area (Å²) in [5, 5.41) is 4.97. The maximum Gasteiger partial charge on any atom is 0.374 e. The third-order valence-electron chi connectivity index (χ3n) is 4.52. The Kier molecular flexibility index (Phi) is 5.96. The molecule has 0 aliphatic carbocycles. The van der Waals surface area contributed by atoms with Gasteiger partial charge >= 0.3 is 12.0 Å². The molecule has 2 N–H and O–H groups in total. The van der Waals surface area contributed by atoms with Crippen LogP contribution < -0.4 is 16.1 Å². The van der Waals surface area contributed by atoms with Crippen molar-refractivity contribution in [2.45, 2.75) is 20.8 Å². The highest BCUT2D eigenvalue weighted by molar-refractivity contribution is 6.02. The molecule has 2 aromatic carbocycles. The van der Waals surface area contributed by atoms with E-state index < -0.39 is 29.9 Å². The molecule has 0 spiro atoms. The summed E-state index contributed by atoms with van der Waals surface area (Å²) in [6.07, 6.45) is 0. The number of benzene rings is 2. The van der Waals surface area contributed by atoms with Crippen LogP contribution in [0, 0.1) is 20.8 Å². The third kappa shape index (κ3) is 4.72. The number of amides is 3. The van der Waals surface area contributed by atoms with Gasteiger partial charge in [-0.1, -0.05) is 23.8 Å². The first-order valence-electron chi connectivity index (χ1n) is 9.13. The monoisotopic (exact) mass is 408 g/mol. The number of fused-ring (bicyclic) bond motifs is 1. The van der Waals surface area contributed by atoms with E-state index in [1.54, 1.807) is 30.3 Å². The van der Waals surface area contributed by atoms with Gasteiger partial charge in [0.25, 0.3) is 5.91 Å². The second-order valence-electron chi connectivity index (χ2n) is 6.80. The number of carbonyl (C=O) groups excluding carboxylic acids is 3. The summed E-state index contributed by atoms with van der Waals surface area (Å²) in [4.78, 5) is 48.2. The van der Waals surface area contributed by atoms with Gasteiger partial charge in [-0.25, -0.2) is 9.59 Å². The fourth-order valence-corrected chi connectivity index (χ4v) is 2.78. The lowest BCUT2D eigenvalue weighted by molar-refractivity contribution is -0.123. The number of urea groups is 1. The van der Waals surface area contributed by atoms with Crippen molar-refractivity contribution in [1.29, 1.82) is 0 Å². The van der Waals surface area contributed by atoms with Crippen LogP contribution in [0.15, 0.2) is 51.7 Å². The molecule has 0 atom stereocenters. The molecule has 8 nitrogen and oxygen atoms in total. The molecule has 0 radical (unpaired) electrons. The Morgan fingerprint density at radius 2 is 1.80 bits per heavy atom. The molecular formula is C22H20N2O6. The van der Waals surface area contributed by atoms with Gasteiger partial charge in [-0.2, -0.15) is 0 Å². The summed E-state index contributed by atoms with van der Waals surface area (Å²) in [5.41, 5.74) is 3.13. The van der Waals surface area contributed by atoms with E-state index in [2.05, 4.69) is 10.6 Å². The molecule has 0 aliphatic heterocycles. The topological polar surface area (TPSA) is 115 Å². The van der Waals surface area contributed by atoms with Gasteiger partial charge in [0.2, 0.25) is 5.76 Å². The van der Waals surface area contributed by atoms with E-state index in [-0.39, 0.29) is 11.3 Å². The zero-order valence-corrected chi connectivity index (χ0v) is 16.7. The fourth-order valence-electron chi connectivity index (χ4n) is 2.78. The second kappa shape index (κ2) is 8.60. The Balaban J connectivity index is 1.59. The molecule has 30 heavy (non-hydrogen) atoms. The average molecular weight is 408 g/mol. The Morgan fingerprint density at radius 3 is 2.57 bits per heavy atom. The number of hydrogen-bond donors (Lipinski definition) is 2. The number of ether oxygens (including phenoxy) is 1. The quantitative estimate of drug-likeness (QED) is 0.641. The molecule has 3 amide bonds. The Labute approximate surface area is 171 Å². The van der Waals surface area contributed by atoms with Gasteiger partial charge < -0.3 is 14.5 Å². The number of hydrogen-bond acceptors (Lipinski definition) is 6.